The van der Waals surface area contributed by atoms with Crippen molar-refractivity contribution in [2.45, 2.75) is 12.5 Å². The third-order valence-corrected chi connectivity index (χ3v) is 1.86. The van der Waals surface area contributed by atoms with Gasteiger partial charge in [-0.2, -0.15) is 0 Å². The third kappa shape index (κ3) is 2.89. The van der Waals surface area contributed by atoms with Crippen LogP contribution in [0.15, 0.2) is 36.4 Å². The predicted molar refractivity (Wildman–Crippen MR) is 56.9 cm³/mol. The minimum Gasteiger partial charge on any atom is -0.470 e. The van der Waals surface area contributed by atoms with E-state index in [-0.39, 0.29) is 0 Å². The van der Waals surface area contributed by atoms with E-state index in [0.29, 0.717) is 11.3 Å². The fraction of sp³-hybridized carbons (Fsp3) is 0.182. The molecule has 14 heavy (non-hydrogen) atoms. The van der Waals surface area contributed by atoms with Crippen LogP contribution in [-0.4, -0.2) is 11.8 Å². The maximum Gasteiger partial charge on any atom is 0.190 e. The Hall–Kier alpha value is -1.28. The summed E-state index contributed by atoms with van der Waals surface area (Å²) in [5.74, 6) is 0.501. The topological polar surface area (TPSA) is 26.3 Å². The minimum absolute atomic E-state index is 0.501. The molecule has 0 aliphatic heterocycles. The van der Waals surface area contributed by atoms with Gasteiger partial charge in [-0.25, -0.2) is 0 Å². The van der Waals surface area contributed by atoms with Gasteiger partial charge in [0, 0.05) is 0 Å². The van der Waals surface area contributed by atoms with Crippen molar-refractivity contribution in [3.8, 4) is 5.75 Å². The van der Waals surface area contributed by atoms with Crippen LogP contribution in [0.4, 0.5) is 0 Å². The quantitative estimate of drug-likeness (QED) is 0.434. The molecule has 1 aromatic rings. The number of rotatable bonds is 4. The maximum atomic E-state index is 10.6. The van der Waals surface area contributed by atoms with E-state index in [2.05, 4.69) is 0 Å². The number of carbonyl (C=O) groups is 1. The Bertz CT molecular complexity index is 334. The maximum absolute atomic E-state index is 10.6. The Morgan fingerprint density at radius 3 is 2.79 bits per heavy atom. The summed E-state index contributed by atoms with van der Waals surface area (Å²) in [6.07, 6.45) is 4.24. The molecule has 1 rings (SSSR count). The van der Waals surface area contributed by atoms with E-state index in [1.165, 1.54) is 0 Å². The van der Waals surface area contributed by atoms with Crippen LogP contribution < -0.4 is 4.74 Å². The largest absolute Gasteiger partial charge is 0.470 e. The summed E-state index contributed by atoms with van der Waals surface area (Å²) in [6, 6.07) is 6.96. The third-order valence-electron chi connectivity index (χ3n) is 1.63. The lowest BCUT2D eigenvalue weighted by atomic mass is 10.2. The molecule has 0 spiro atoms. The molecule has 0 aromatic heterocycles. The Balaban J connectivity index is 2.80. The highest BCUT2D eigenvalue weighted by atomic mass is 35.5. The first kappa shape index (κ1) is 10.8. The summed E-state index contributed by atoms with van der Waals surface area (Å²) in [4.78, 5) is 10.6. The van der Waals surface area contributed by atoms with Crippen LogP contribution in [0.25, 0.3) is 0 Å². The van der Waals surface area contributed by atoms with Crippen LogP contribution in [0.5, 0.6) is 5.75 Å². The number of ether oxygens (including phenoxy) is 1. The molecule has 2 nitrogen and oxygen atoms in total. The second-order valence-corrected chi connectivity index (χ2v) is 3.08. The lowest BCUT2D eigenvalue weighted by molar-refractivity contribution is 0.111. The number of para-hydroxylation sites is 1. The van der Waals surface area contributed by atoms with Crippen LogP contribution in [0.3, 0.4) is 0 Å². The van der Waals surface area contributed by atoms with Crippen LogP contribution in [0, 0.1) is 0 Å². The van der Waals surface area contributed by atoms with Gasteiger partial charge >= 0.3 is 0 Å². The molecule has 0 saturated carbocycles. The first-order valence-electron chi connectivity index (χ1n) is 4.25. The molecule has 0 saturated heterocycles. The van der Waals surface area contributed by atoms with Crippen LogP contribution in [0.2, 0.25) is 0 Å². The summed E-state index contributed by atoms with van der Waals surface area (Å²) >= 11 is 5.82. The van der Waals surface area contributed by atoms with Crippen molar-refractivity contribution >= 4 is 17.9 Å². The van der Waals surface area contributed by atoms with Crippen molar-refractivity contribution in [3.05, 3.63) is 42.0 Å². The molecule has 0 bridgehead atoms. The minimum atomic E-state index is -0.541. The molecule has 1 unspecified atom stereocenters. The summed E-state index contributed by atoms with van der Waals surface area (Å²) in [5, 5.41) is 0. The van der Waals surface area contributed by atoms with Gasteiger partial charge in [-0.3, -0.25) is 4.79 Å². The van der Waals surface area contributed by atoms with E-state index in [1.807, 2.05) is 6.92 Å². The van der Waals surface area contributed by atoms with Gasteiger partial charge in [-0.1, -0.05) is 29.8 Å². The van der Waals surface area contributed by atoms with E-state index in [0.717, 1.165) is 6.29 Å². The second-order valence-electron chi connectivity index (χ2n) is 2.65. The normalized spacial score (nSPS) is 12.7. The lowest BCUT2D eigenvalue weighted by Gasteiger charge is -2.10. The van der Waals surface area contributed by atoms with Crippen molar-refractivity contribution in [2.24, 2.45) is 0 Å². The summed E-state index contributed by atoms with van der Waals surface area (Å²) in [5.41, 5.74) is -0.0382. The first-order valence-corrected chi connectivity index (χ1v) is 4.69. The Kier molecular flexibility index (Phi) is 4.20. The van der Waals surface area contributed by atoms with E-state index in [1.54, 1.807) is 36.4 Å². The average Bonchev–Trinajstić information content (AvgIpc) is 2.19. The Morgan fingerprint density at radius 2 is 2.14 bits per heavy atom. The number of hydrogen-bond donors (Lipinski definition) is 0. The van der Waals surface area contributed by atoms with E-state index >= 15 is 0 Å². The zero-order valence-electron chi connectivity index (χ0n) is 7.81. The van der Waals surface area contributed by atoms with Crippen LogP contribution in [-0.2, 0) is 0 Å². The van der Waals surface area contributed by atoms with Gasteiger partial charge in [0.1, 0.15) is 5.75 Å². The molecule has 0 N–H and O–H groups in total. The molecular weight excluding hydrogens is 200 g/mol. The average molecular weight is 211 g/mol. The number of halogens is 1. The number of aldehydes is 1. The summed E-state index contributed by atoms with van der Waals surface area (Å²) in [6.45, 7) is 1.85. The van der Waals surface area contributed by atoms with Crippen molar-refractivity contribution in [2.75, 3.05) is 0 Å². The summed E-state index contributed by atoms with van der Waals surface area (Å²) in [7, 11) is 0. The molecule has 0 amide bonds. The van der Waals surface area contributed by atoms with E-state index < -0.39 is 5.56 Å². The molecule has 0 heterocycles. The fourth-order valence-corrected chi connectivity index (χ4v) is 1.24. The molecular formula is C11H11ClO2. The SMILES string of the molecule is C/C=C\C(Cl)Oc1ccccc1C=O. The molecule has 1 atom stereocenters. The number of alkyl halides is 1. The van der Waals surface area contributed by atoms with Gasteiger partial charge in [0.2, 0.25) is 0 Å². The first-order chi connectivity index (χ1) is 6.77. The van der Waals surface area contributed by atoms with E-state index in [9.17, 15) is 4.79 Å². The highest BCUT2D eigenvalue weighted by Crippen LogP contribution is 2.18. The predicted octanol–water partition coefficient (Wildman–Crippen LogP) is 3.02. The van der Waals surface area contributed by atoms with Gasteiger partial charge in [-0.15, -0.1) is 0 Å². The van der Waals surface area contributed by atoms with Crippen molar-refractivity contribution in [3.63, 3.8) is 0 Å². The Morgan fingerprint density at radius 1 is 1.43 bits per heavy atom. The fourth-order valence-electron chi connectivity index (χ4n) is 0.997. The monoisotopic (exact) mass is 210 g/mol. The zero-order valence-corrected chi connectivity index (χ0v) is 8.57. The molecule has 0 aliphatic rings. The second kappa shape index (κ2) is 5.45. The Labute approximate surface area is 88.1 Å². The van der Waals surface area contributed by atoms with Crippen LogP contribution >= 0.6 is 11.6 Å². The standard InChI is InChI=1S/C11H11ClO2/c1-2-5-11(12)14-10-7-4-3-6-9(10)8-13/h2-8,11H,1H3/b5-2-. The number of benzene rings is 1. The van der Waals surface area contributed by atoms with Gasteiger partial charge in [0.25, 0.3) is 0 Å². The smallest absolute Gasteiger partial charge is 0.190 e. The van der Waals surface area contributed by atoms with Crippen molar-refractivity contribution in [1.29, 1.82) is 0 Å². The number of carbonyl (C=O) groups excluding carboxylic acids is 1. The van der Waals surface area contributed by atoms with Crippen LogP contribution in [0.1, 0.15) is 17.3 Å². The van der Waals surface area contributed by atoms with Crippen molar-refractivity contribution in [1.82, 2.24) is 0 Å². The van der Waals surface area contributed by atoms with E-state index in [4.69, 9.17) is 16.3 Å². The number of allylic oxidation sites excluding steroid dienone is 1. The summed E-state index contributed by atoms with van der Waals surface area (Å²) < 4.78 is 5.32. The molecule has 74 valence electrons. The molecule has 0 aliphatic carbocycles. The molecule has 1 aromatic carbocycles. The van der Waals surface area contributed by atoms with Crippen molar-refractivity contribution < 1.29 is 9.53 Å². The van der Waals surface area contributed by atoms with Gasteiger partial charge in [0.05, 0.1) is 5.56 Å². The van der Waals surface area contributed by atoms with Gasteiger partial charge in [-0.05, 0) is 25.1 Å². The zero-order chi connectivity index (χ0) is 10.4. The molecule has 3 heteroatoms. The highest BCUT2D eigenvalue weighted by Gasteiger charge is 2.05. The number of hydrogen-bond acceptors (Lipinski definition) is 2. The van der Waals surface area contributed by atoms with Gasteiger partial charge in [0.15, 0.2) is 11.8 Å². The highest BCUT2D eigenvalue weighted by molar-refractivity contribution is 6.21. The van der Waals surface area contributed by atoms with Gasteiger partial charge < -0.3 is 4.74 Å². The molecule has 0 radical (unpaired) electrons. The molecule has 0 fully saturated rings. The lowest BCUT2D eigenvalue weighted by Crippen LogP contribution is -2.06.